The quantitative estimate of drug-likeness (QED) is 0.470. The van der Waals surface area contributed by atoms with Crippen LogP contribution in [0.5, 0.6) is 5.75 Å². The molecule has 3 heterocycles. The number of halogens is 2. The number of hydrogen-bond donors (Lipinski definition) is 1. The summed E-state index contributed by atoms with van der Waals surface area (Å²) < 4.78 is 27.7. The second-order valence-corrected chi connectivity index (χ2v) is 8.40. The number of benzene rings is 2. The third-order valence-electron chi connectivity index (χ3n) is 5.75. The first-order chi connectivity index (χ1) is 16.0. The van der Waals surface area contributed by atoms with E-state index in [0.29, 0.717) is 30.5 Å². The van der Waals surface area contributed by atoms with E-state index >= 15 is 0 Å². The number of fused-ring (bicyclic) bond motifs is 1. The zero-order valence-electron chi connectivity index (χ0n) is 18.3. The van der Waals surface area contributed by atoms with Crippen LogP contribution < -0.4 is 10.1 Å². The first kappa shape index (κ1) is 21.8. The van der Waals surface area contributed by atoms with Gasteiger partial charge in [0.1, 0.15) is 30.0 Å². The minimum atomic E-state index is -0.387. The maximum Gasteiger partial charge on any atom is 0.158 e. The number of ether oxygens (including phenoxy) is 2. The summed E-state index contributed by atoms with van der Waals surface area (Å²) in [6, 6.07) is 10.4. The summed E-state index contributed by atoms with van der Waals surface area (Å²) in [5, 5.41) is 8.78. The Morgan fingerprint density at radius 2 is 2.18 bits per heavy atom. The fourth-order valence-electron chi connectivity index (χ4n) is 4.19. The van der Waals surface area contributed by atoms with E-state index < -0.39 is 0 Å². The van der Waals surface area contributed by atoms with Crippen molar-refractivity contribution in [1.82, 2.24) is 25.1 Å². The molecule has 0 saturated carbocycles. The lowest BCUT2D eigenvalue weighted by molar-refractivity contribution is 0.0762. The third kappa shape index (κ3) is 4.29. The molecule has 9 heteroatoms. The molecule has 0 aliphatic carbocycles. The van der Waals surface area contributed by atoms with Gasteiger partial charge in [-0.2, -0.15) is 5.10 Å². The molecule has 1 saturated heterocycles. The maximum atomic E-state index is 14.2. The Balaban J connectivity index is 1.53. The van der Waals surface area contributed by atoms with Crippen molar-refractivity contribution in [3.63, 3.8) is 0 Å². The molecule has 2 aromatic heterocycles. The molecule has 5 rings (SSSR count). The SMILES string of the molecule is Cc1cc(-c2ncnn2C)c2cccc(OCc3c(Cl)cc(F)cc3[C@@H]3COCCN3)c2n1. The normalized spacial score (nSPS) is 16.3. The van der Waals surface area contributed by atoms with Gasteiger partial charge in [-0.05, 0) is 36.8 Å². The van der Waals surface area contributed by atoms with Crippen LogP contribution in [-0.2, 0) is 18.4 Å². The summed E-state index contributed by atoms with van der Waals surface area (Å²) in [6.07, 6.45) is 1.53. The van der Waals surface area contributed by atoms with Gasteiger partial charge in [0.2, 0.25) is 0 Å². The number of pyridine rings is 1. The fraction of sp³-hybridized carbons (Fsp3) is 0.292. The molecule has 7 nitrogen and oxygen atoms in total. The third-order valence-corrected chi connectivity index (χ3v) is 6.08. The monoisotopic (exact) mass is 467 g/mol. The average molecular weight is 468 g/mol. The van der Waals surface area contributed by atoms with E-state index in [1.807, 2.05) is 38.2 Å². The highest BCUT2D eigenvalue weighted by Gasteiger charge is 2.22. The Hall–Kier alpha value is -3.07. The molecule has 2 aromatic carbocycles. The lowest BCUT2D eigenvalue weighted by Crippen LogP contribution is -2.35. The van der Waals surface area contributed by atoms with Crippen molar-refractivity contribution in [2.24, 2.45) is 7.05 Å². The van der Waals surface area contributed by atoms with Crippen molar-refractivity contribution in [3.8, 4) is 17.1 Å². The molecule has 0 radical (unpaired) electrons. The topological polar surface area (TPSA) is 74.1 Å². The number of nitrogens with zero attached hydrogens (tertiary/aromatic N) is 4. The fourth-order valence-corrected chi connectivity index (χ4v) is 4.46. The molecule has 4 aromatic rings. The molecule has 1 aliphatic rings. The highest BCUT2D eigenvalue weighted by Crippen LogP contribution is 2.34. The minimum Gasteiger partial charge on any atom is -0.487 e. The van der Waals surface area contributed by atoms with E-state index in [2.05, 4.69) is 15.4 Å². The van der Waals surface area contributed by atoms with Crippen LogP contribution in [0.15, 0.2) is 42.7 Å². The van der Waals surface area contributed by atoms with E-state index in [1.165, 1.54) is 18.5 Å². The van der Waals surface area contributed by atoms with Gasteiger partial charge in [0.25, 0.3) is 0 Å². The van der Waals surface area contributed by atoms with Crippen LogP contribution >= 0.6 is 11.6 Å². The molecule has 0 spiro atoms. The van der Waals surface area contributed by atoms with Crippen molar-refractivity contribution in [3.05, 3.63) is 70.4 Å². The largest absolute Gasteiger partial charge is 0.487 e. The molecule has 33 heavy (non-hydrogen) atoms. The average Bonchev–Trinajstić information content (AvgIpc) is 3.24. The van der Waals surface area contributed by atoms with Gasteiger partial charge in [0, 0.05) is 35.8 Å². The standard InChI is InChI=1S/C24H23ClFN5O2/c1-14-8-18(24-28-13-29-31(24)2)16-4-3-5-22(23(16)30-14)33-11-19-17(9-15(26)10-20(19)25)21-12-32-7-6-27-21/h3-5,8-10,13,21,27H,6-7,11-12H2,1-2H3/t21-/m0/s1. The summed E-state index contributed by atoms with van der Waals surface area (Å²) in [5.74, 6) is 0.968. The Bertz CT molecular complexity index is 1320. The number of nitrogens with one attached hydrogen (secondary N) is 1. The van der Waals surface area contributed by atoms with Crippen LogP contribution in [0.4, 0.5) is 4.39 Å². The highest BCUT2D eigenvalue weighted by atomic mass is 35.5. The summed E-state index contributed by atoms with van der Waals surface area (Å²) in [6.45, 7) is 3.86. The van der Waals surface area contributed by atoms with Gasteiger partial charge in [-0.1, -0.05) is 23.7 Å². The minimum absolute atomic E-state index is 0.152. The highest BCUT2D eigenvalue weighted by molar-refractivity contribution is 6.31. The van der Waals surface area contributed by atoms with Crippen molar-refractivity contribution in [2.75, 3.05) is 19.8 Å². The van der Waals surface area contributed by atoms with E-state index in [4.69, 9.17) is 26.1 Å². The predicted molar refractivity (Wildman–Crippen MR) is 124 cm³/mol. The molecule has 0 amide bonds. The van der Waals surface area contributed by atoms with Gasteiger partial charge in [0.15, 0.2) is 5.82 Å². The lowest BCUT2D eigenvalue weighted by atomic mass is 10.00. The Morgan fingerprint density at radius 1 is 1.30 bits per heavy atom. The number of hydrogen-bond acceptors (Lipinski definition) is 6. The second-order valence-electron chi connectivity index (χ2n) is 8.00. The predicted octanol–water partition coefficient (Wildman–Crippen LogP) is 4.37. The number of aryl methyl sites for hydroxylation is 2. The maximum absolute atomic E-state index is 14.2. The molecule has 1 N–H and O–H groups in total. The van der Waals surface area contributed by atoms with Gasteiger partial charge >= 0.3 is 0 Å². The van der Waals surface area contributed by atoms with Crippen LogP contribution in [0.1, 0.15) is 22.9 Å². The summed E-state index contributed by atoms with van der Waals surface area (Å²) in [7, 11) is 1.85. The van der Waals surface area contributed by atoms with Crippen molar-refractivity contribution in [2.45, 2.75) is 19.6 Å². The molecular weight excluding hydrogens is 445 g/mol. The van der Waals surface area contributed by atoms with Gasteiger partial charge in [-0.3, -0.25) is 0 Å². The Morgan fingerprint density at radius 3 is 2.94 bits per heavy atom. The molecule has 0 unspecified atom stereocenters. The van der Waals surface area contributed by atoms with Gasteiger partial charge in [-0.15, -0.1) is 0 Å². The number of morpholine rings is 1. The van der Waals surface area contributed by atoms with Crippen molar-refractivity contribution < 1.29 is 13.9 Å². The molecule has 1 aliphatic heterocycles. The van der Waals surface area contributed by atoms with Crippen LogP contribution in [-0.4, -0.2) is 39.5 Å². The van der Waals surface area contributed by atoms with Gasteiger partial charge < -0.3 is 14.8 Å². The van der Waals surface area contributed by atoms with Gasteiger partial charge in [-0.25, -0.2) is 19.0 Å². The van der Waals surface area contributed by atoms with Crippen molar-refractivity contribution in [1.29, 1.82) is 0 Å². The summed E-state index contributed by atoms with van der Waals surface area (Å²) in [4.78, 5) is 9.12. The van der Waals surface area contributed by atoms with Crippen LogP contribution in [0.3, 0.4) is 0 Å². The van der Waals surface area contributed by atoms with E-state index in [-0.39, 0.29) is 18.5 Å². The molecule has 1 fully saturated rings. The van der Waals surface area contributed by atoms with Crippen LogP contribution in [0, 0.1) is 12.7 Å². The summed E-state index contributed by atoms with van der Waals surface area (Å²) in [5.41, 5.74) is 3.94. The van der Waals surface area contributed by atoms with Gasteiger partial charge in [0.05, 0.1) is 24.3 Å². The van der Waals surface area contributed by atoms with Crippen LogP contribution in [0.2, 0.25) is 5.02 Å². The molecule has 0 bridgehead atoms. The first-order valence-corrected chi connectivity index (χ1v) is 11.1. The zero-order chi connectivity index (χ0) is 22.9. The Kier molecular flexibility index (Phi) is 5.97. The zero-order valence-corrected chi connectivity index (χ0v) is 19.1. The Labute approximate surface area is 195 Å². The number of aromatic nitrogens is 4. The first-order valence-electron chi connectivity index (χ1n) is 10.7. The number of para-hydroxylation sites is 1. The number of rotatable bonds is 5. The molecule has 170 valence electrons. The summed E-state index contributed by atoms with van der Waals surface area (Å²) >= 11 is 6.45. The molecule has 1 atom stereocenters. The second kappa shape index (κ2) is 9.05. The lowest BCUT2D eigenvalue weighted by Gasteiger charge is -2.26. The van der Waals surface area contributed by atoms with Crippen molar-refractivity contribution >= 4 is 22.5 Å². The smallest absolute Gasteiger partial charge is 0.158 e. The van der Waals surface area contributed by atoms with E-state index in [9.17, 15) is 4.39 Å². The van der Waals surface area contributed by atoms with E-state index in [1.54, 1.807) is 4.68 Å². The van der Waals surface area contributed by atoms with E-state index in [0.717, 1.165) is 39.1 Å². The van der Waals surface area contributed by atoms with Crippen LogP contribution in [0.25, 0.3) is 22.3 Å². The molecular formula is C24H23ClFN5O2.